The Morgan fingerprint density at radius 3 is 2.65 bits per heavy atom. The first-order chi connectivity index (χ1) is 9.60. The summed E-state index contributed by atoms with van der Waals surface area (Å²) in [6.07, 6.45) is 3.61. The predicted octanol–water partition coefficient (Wildman–Crippen LogP) is 1.52. The lowest BCUT2D eigenvalue weighted by atomic mass is 9.78. The molecule has 0 aromatic heterocycles. The largest absolute Gasteiger partial charge is 0.362 e. The molecule has 4 nitrogen and oxygen atoms in total. The van der Waals surface area contributed by atoms with Gasteiger partial charge in [0.1, 0.15) is 0 Å². The maximum Gasteiger partial charge on any atom is 0.236 e. The molecule has 20 heavy (non-hydrogen) atoms. The topological polar surface area (TPSA) is 46.6 Å². The Labute approximate surface area is 117 Å². The van der Waals surface area contributed by atoms with Gasteiger partial charge in [0.25, 0.3) is 0 Å². The van der Waals surface area contributed by atoms with Crippen LogP contribution in [0.25, 0.3) is 0 Å². The highest BCUT2D eigenvalue weighted by Gasteiger charge is 2.65. The SMILES string of the molecule is C[C@@]12C=C[C@@H](O1)[C@@H]1C(=O)N(Cc3ccccc3)C(=O)[C@H]12. The summed E-state index contributed by atoms with van der Waals surface area (Å²) in [6.45, 7) is 2.25. The minimum Gasteiger partial charge on any atom is -0.362 e. The third-order valence-corrected chi connectivity index (χ3v) is 4.60. The van der Waals surface area contributed by atoms with Crippen molar-refractivity contribution >= 4 is 11.8 Å². The molecule has 2 fully saturated rings. The smallest absolute Gasteiger partial charge is 0.236 e. The van der Waals surface area contributed by atoms with Crippen molar-refractivity contribution in [2.75, 3.05) is 0 Å². The van der Waals surface area contributed by atoms with Crippen molar-refractivity contribution in [3.63, 3.8) is 0 Å². The summed E-state index contributed by atoms with van der Waals surface area (Å²) in [5, 5.41) is 0. The zero-order valence-electron chi connectivity index (χ0n) is 11.2. The van der Waals surface area contributed by atoms with E-state index in [4.69, 9.17) is 4.74 Å². The molecule has 0 spiro atoms. The molecular formula is C16H15NO3. The van der Waals surface area contributed by atoms with Crippen LogP contribution >= 0.6 is 0 Å². The van der Waals surface area contributed by atoms with E-state index in [0.717, 1.165) is 5.56 Å². The van der Waals surface area contributed by atoms with Crippen LogP contribution in [0.4, 0.5) is 0 Å². The fraction of sp³-hybridized carbons (Fsp3) is 0.375. The van der Waals surface area contributed by atoms with Crippen LogP contribution in [0.15, 0.2) is 42.5 Å². The second kappa shape index (κ2) is 3.79. The molecule has 4 heteroatoms. The normalized spacial score (nSPS) is 37.9. The zero-order valence-corrected chi connectivity index (χ0v) is 11.2. The van der Waals surface area contributed by atoms with Crippen molar-refractivity contribution in [1.29, 1.82) is 0 Å². The molecule has 0 N–H and O–H groups in total. The second-order valence-electron chi connectivity index (χ2n) is 5.88. The maximum absolute atomic E-state index is 12.6. The van der Waals surface area contributed by atoms with Crippen LogP contribution in [-0.4, -0.2) is 28.4 Å². The van der Waals surface area contributed by atoms with Gasteiger partial charge in [-0.2, -0.15) is 0 Å². The van der Waals surface area contributed by atoms with Crippen molar-refractivity contribution in [2.45, 2.75) is 25.2 Å². The average molecular weight is 269 g/mol. The standard InChI is InChI=1S/C16H15NO3/c1-16-8-7-11(20-16)12-13(16)15(19)17(14(12)18)9-10-5-3-2-4-6-10/h2-8,11-13H,9H2,1H3/t11-,12+,13+,16+/m1/s1. The van der Waals surface area contributed by atoms with E-state index >= 15 is 0 Å². The van der Waals surface area contributed by atoms with E-state index in [-0.39, 0.29) is 29.8 Å². The van der Waals surface area contributed by atoms with Gasteiger partial charge < -0.3 is 4.74 Å². The second-order valence-corrected chi connectivity index (χ2v) is 5.88. The van der Waals surface area contributed by atoms with Crippen molar-refractivity contribution in [3.8, 4) is 0 Å². The number of hydrogen-bond acceptors (Lipinski definition) is 3. The van der Waals surface area contributed by atoms with Gasteiger partial charge in [0.2, 0.25) is 11.8 Å². The van der Waals surface area contributed by atoms with Crippen LogP contribution in [0.5, 0.6) is 0 Å². The van der Waals surface area contributed by atoms with E-state index in [2.05, 4.69) is 0 Å². The number of imide groups is 1. The summed E-state index contributed by atoms with van der Waals surface area (Å²) in [5.41, 5.74) is 0.369. The highest BCUT2D eigenvalue weighted by atomic mass is 16.5. The van der Waals surface area contributed by atoms with Gasteiger partial charge in [0.15, 0.2) is 0 Å². The summed E-state index contributed by atoms with van der Waals surface area (Å²) < 4.78 is 5.79. The van der Waals surface area contributed by atoms with Gasteiger partial charge in [-0.1, -0.05) is 42.5 Å². The van der Waals surface area contributed by atoms with Crippen LogP contribution in [-0.2, 0) is 20.9 Å². The molecule has 1 aromatic carbocycles. The van der Waals surface area contributed by atoms with Crippen LogP contribution in [0.1, 0.15) is 12.5 Å². The summed E-state index contributed by atoms with van der Waals surface area (Å²) in [6, 6.07) is 9.61. The zero-order chi connectivity index (χ0) is 13.9. The van der Waals surface area contributed by atoms with E-state index < -0.39 is 5.60 Å². The van der Waals surface area contributed by atoms with Crippen molar-refractivity contribution in [2.24, 2.45) is 11.8 Å². The first-order valence-electron chi connectivity index (χ1n) is 6.86. The fourth-order valence-electron chi connectivity index (χ4n) is 3.63. The molecule has 2 amide bonds. The number of carbonyl (C=O) groups is 2. The van der Waals surface area contributed by atoms with Gasteiger partial charge in [0.05, 0.1) is 30.1 Å². The average Bonchev–Trinajstić information content (AvgIpc) is 3.04. The molecule has 4 atom stereocenters. The number of amides is 2. The van der Waals surface area contributed by atoms with Crippen LogP contribution < -0.4 is 0 Å². The van der Waals surface area contributed by atoms with Gasteiger partial charge >= 0.3 is 0 Å². The molecule has 0 saturated carbocycles. The monoisotopic (exact) mass is 269 g/mol. The van der Waals surface area contributed by atoms with E-state index in [1.54, 1.807) is 0 Å². The molecule has 2 bridgehead atoms. The number of nitrogens with zero attached hydrogens (tertiary/aromatic N) is 1. The Hall–Kier alpha value is -1.94. The van der Waals surface area contributed by atoms with E-state index in [9.17, 15) is 9.59 Å². The lowest BCUT2D eigenvalue weighted by Crippen LogP contribution is -2.38. The highest BCUT2D eigenvalue weighted by Crippen LogP contribution is 2.51. The summed E-state index contributed by atoms with van der Waals surface area (Å²) >= 11 is 0. The Balaban J connectivity index is 1.66. The van der Waals surface area contributed by atoms with Crippen molar-refractivity contribution in [1.82, 2.24) is 4.90 Å². The van der Waals surface area contributed by atoms with E-state index in [0.29, 0.717) is 6.54 Å². The highest BCUT2D eigenvalue weighted by molar-refractivity contribution is 6.07. The first kappa shape index (κ1) is 11.9. The van der Waals surface area contributed by atoms with Crippen molar-refractivity contribution in [3.05, 3.63) is 48.0 Å². The molecule has 102 valence electrons. The number of benzene rings is 1. The van der Waals surface area contributed by atoms with Crippen LogP contribution in [0.3, 0.4) is 0 Å². The molecule has 0 unspecified atom stereocenters. The quantitative estimate of drug-likeness (QED) is 0.604. The van der Waals surface area contributed by atoms with E-state index in [1.165, 1.54) is 4.90 Å². The minimum absolute atomic E-state index is 0.0954. The maximum atomic E-state index is 12.6. The third-order valence-electron chi connectivity index (χ3n) is 4.60. The van der Waals surface area contributed by atoms with Gasteiger partial charge in [-0.25, -0.2) is 0 Å². The summed E-state index contributed by atoms with van der Waals surface area (Å²) in [5.74, 6) is -0.880. The van der Waals surface area contributed by atoms with Gasteiger partial charge in [-0.15, -0.1) is 0 Å². The van der Waals surface area contributed by atoms with Gasteiger partial charge in [0, 0.05) is 0 Å². The number of hydrogen-bond donors (Lipinski definition) is 0. The van der Waals surface area contributed by atoms with E-state index in [1.807, 2.05) is 49.4 Å². The fourth-order valence-corrected chi connectivity index (χ4v) is 3.63. The molecule has 4 rings (SSSR count). The third kappa shape index (κ3) is 1.40. The Morgan fingerprint density at radius 1 is 1.20 bits per heavy atom. The Kier molecular flexibility index (Phi) is 2.25. The van der Waals surface area contributed by atoms with Crippen LogP contribution in [0.2, 0.25) is 0 Å². The number of ether oxygens (including phenoxy) is 1. The Bertz CT molecular complexity index is 624. The minimum atomic E-state index is -0.604. The molecule has 0 radical (unpaired) electrons. The Morgan fingerprint density at radius 2 is 1.95 bits per heavy atom. The molecule has 3 aliphatic heterocycles. The predicted molar refractivity (Wildman–Crippen MR) is 71.4 cm³/mol. The van der Waals surface area contributed by atoms with Crippen molar-refractivity contribution < 1.29 is 14.3 Å². The molecule has 3 heterocycles. The summed E-state index contributed by atoms with van der Waals surface area (Å²) in [4.78, 5) is 26.5. The molecular weight excluding hydrogens is 254 g/mol. The number of fused-ring (bicyclic) bond motifs is 5. The number of likely N-dealkylation sites (tertiary alicyclic amines) is 1. The molecule has 1 aromatic rings. The van der Waals surface area contributed by atoms with Gasteiger partial charge in [-0.05, 0) is 12.5 Å². The number of carbonyl (C=O) groups excluding carboxylic acids is 2. The lowest BCUT2D eigenvalue weighted by Gasteiger charge is -2.24. The first-order valence-corrected chi connectivity index (χ1v) is 6.86. The molecule has 3 aliphatic rings. The summed E-state index contributed by atoms with van der Waals surface area (Å²) in [7, 11) is 0. The van der Waals surface area contributed by atoms with Gasteiger partial charge in [-0.3, -0.25) is 14.5 Å². The van der Waals surface area contributed by atoms with Crippen LogP contribution in [0, 0.1) is 11.8 Å². The number of rotatable bonds is 2. The molecule has 0 aliphatic carbocycles. The molecule has 2 saturated heterocycles. The lowest BCUT2D eigenvalue weighted by molar-refractivity contribution is -0.144.